The third-order valence-corrected chi connectivity index (χ3v) is 13.5. The third kappa shape index (κ3) is 6.00. The van der Waals surface area contributed by atoms with E-state index < -0.39 is 0 Å². The van der Waals surface area contributed by atoms with Crippen LogP contribution < -0.4 is 115 Å². The molecule has 260 valence electrons. The molecule has 1 aromatic heterocycles. The molecule has 0 bridgehead atoms. The average Bonchev–Trinajstić information content (AvgIpc) is 3.72. The molecule has 0 saturated heterocycles. The van der Waals surface area contributed by atoms with E-state index in [1.54, 1.807) is 6.07 Å². The van der Waals surface area contributed by atoms with Gasteiger partial charge >= 0.3 is 0 Å². The molecule has 9 aromatic carbocycles. The number of hydrogen-bond donors (Lipinski definition) is 0. The van der Waals surface area contributed by atoms with Gasteiger partial charge in [0.2, 0.25) is 0 Å². The fraction of sp³-hybridized carbons (Fsp3) is 0. The maximum absolute atomic E-state index is 7.40. The molecule has 0 N–H and O–H groups in total. The standard InChI is InChI=1S/C46H7B21O/c47-25-12(10-6-3-5-9-8-4-1-2-7-11(8)68-46(9)10)15-22(33(55)43(65)38(60)27(15)49)20(26(25)48)13-16-18(31(53)41(63)39(61)29(16)51)14(19-17(13)30(52)40(62)42(64)32(19)54)21-23-24(35(57)37(59)28(21)50)36(58)45(67)44(66)34(23)56/h1-7H. The zero-order valence-corrected chi connectivity index (χ0v) is 36.1. The second kappa shape index (κ2) is 16.1. The molecular formula is C46H7B21O. The lowest BCUT2D eigenvalue weighted by molar-refractivity contribution is 0.670. The van der Waals surface area contributed by atoms with Gasteiger partial charge in [0, 0.05) is 16.3 Å². The molecule has 0 amide bonds. The Balaban J connectivity index is 1.55. The number of para-hydroxylation sites is 2. The number of rotatable bonds is 3. The monoisotopic (exact) mass is 806 g/mol. The van der Waals surface area contributed by atoms with Gasteiger partial charge in [-0.2, -0.15) is 0 Å². The molecule has 10 rings (SSSR count). The molecule has 1 heterocycles. The van der Waals surface area contributed by atoms with Gasteiger partial charge in [0.25, 0.3) is 0 Å². The highest BCUT2D eigenvalue weighted by molar-refractivity contribution is 6.76. The molecule has 42 radical (unpaired) electrons. The van der Waals surface area contributed by atoms with Gasteiger partial charge in [0.1, 0.15) is 176 Å². The zero-order chi connectivity index (χ0) is 49.2. The molecule has 68 heavy (non-hydrogen) atoms. The Labute approximate surface area is 422 Å². The molecule has 0 aliphatic carbocycles. The maximum atomic E-state index is 7.40. The Kier molecular flexibility index (Phi) is 11.1. The topological polar surface area (TPSA) is 13.1 Å². The summed E-state index contributed by atoms with van der Waals surface area (Å²) < 4.78 is 6.49. The summed E-state index contributed by atoms with van der Waals surface area (Å²) in [6.45, 7) is 0. The van der Waals surface area contributed by atoms with Crippen molar-refractivity contribution in [2.24, 2.45) is 0 Å². The van der Waals surface area contributed by atoms with Gasteiger partial charge in [-0.25, -0.2) is 0 Å². The first-order chi connectivity index (χ1) is 32.1. The Bertz CT molecular complexity index is 3960. The molecule has 0 aliphatic rings. The smallest absolute Gasteiger partial charge is 0.143 e. The van der Waals surface area contributed by atoms with Crippen LogP contribution in [-0.4, -0.2) is 165 Å². The molecular weight excluding hydrogens is 796 g/mol. The SMILES string of the molecule is [B]c1c([B])c([B])c2c(-c3c4c([B])c([B])c([B])c([B])c4c(-c4c([B])c([B])c(-c5cccc6c5oc5ccccc56)c5c([B])c([B])c([B])c([B])c45)c4c([B])c([B])c([B])c([B])c34)c([B])c([B])c([B])c2c1[B]. The molecule has 0 atom stereocenters. The van der Waals surface area contributed by atoms with E-state index in [1.807, 2.05) is 36.4 Å². The predicted molar refractivity (Wildman–Crippen MR) is 313 cm³/mol. The van der Waals surface area contributed by atoms with Gasteiger partial charge < -0.3 is 4.42 Å². The highest BCUT2D eigenvalue weighted by Crippen LogP contribution is 2.44. The molecule has 0 unspecified atom stereocenters. The van der Waals surface area contributed by atoms with Crippen LogP contribution in [0, 0.1) is 0 Å². The highest BCUT2D eigenvalue weighted by atomic mass is 16.3. The minimum Gasteiger partial charge on any atom is -0.455 e. The molecule has 22 heteroatoms. The second-order valence-electron chi connectivity index (χ2n) is 16.8. The largest absolute Gasteiger partial charge is 0.455 e. The van der Waals surface area contributed by atoms with Crippen molar-refractivity contribution in [1.82, 2.24) is 0 Å². The van der Waals surface area contributed by atoms with Crippen molar-refractivity contribution in [1.29, 1.82) is 0 Å². The quantitative estimate of drug-likeness (QED) is 0.128. The van der Waals surface area contributed by atoms with Crippen molar-refractivity contribution < 1.29 is 4.42 Å². The van der Waals surface area contributed by atoms with Crippen LogP contribution in [-0.2, 0) is 0 Å². The van der Waals surface area contributed by atoms with E-state index in [0.717, 1.165) is 10.8 Å². The Morgan fingerprint density at radius 1 is 0.221 bits per heavy atom. The molecule has 0 aliphatic heterocycles. The van der Waals surface area contributed by atoms with E-state index in [1.165, 1.54) is 0 Å². The predicted octanol–water partition coefficient (Wildman–Crippen LogP) is -12.1. The van der Waals surface area contributed by atoms with Crippen LogP contribution >= 0.6 is 0 Å². The molecule has 10 aromatic rings. The zero-order valence-electron chi connectivity index (χ0n) is 36.1. The van der Waals surface area contributed by atoms with Crippen LogP contribution in [0.5, 0.6) is 0 Å². The van der Waals surface area contributed by atoms with Crippen molar-refractivity contribution >= 4 is 345 Å². The van der Waals surface area contributed by atoms with Crippen molar-refractivity contribution in [3.05, 3.63) is 42.5 Å². The first-order valence-electron chi connectivity index (χ1n) is 20.5. The van der Waals surface area contributed by atoms with Gasteiger partial charge in [-0.15, -0.1) is 49.2 Å². The molecule has 0 spiro atoms. The molecule has 0 fully saturated rings. The van der Waals surface area contributed by atoms with Crippen LogP contribution in [0.2, 0.25) is 0 Å². The molecule has 0 saturated carbocycles. The third-order valence-electron chi connectivity index (χ3n) is 13.5. The summed E-state index contributed by atoms with van der Waals surface area (Å²) in [4.78, 5) is 0. The van der Waals surface area contributed by atoms with Gasteiger partial charge in [-0.3, -0.25) is 0 Å². The van der Waals surface area contributed by atoms with Gasteiger partial charge in [-0.05, 0) is 77.0 Å². The van der Waals surface area contributed by atoms with E-state index >= 15 is 0 Å². The highest BCUT2D eigenvalue weighted by Gasteiger charge is 2.31. The van der Waals surface area contributed by atoms with Crippen molar-refractivity contribution in [3.63, 3.8) is 0 Å². The Hall–Kier alpha value is -4.82. The fourth-order valence-corrected chi connectivity index (χ4v) is 9.99. The van der Waals surface area contributed by atoms with Crippen LogP contribution in [0.15, 0.2) is 46.9 Å². The first-order valence-corrected chi connectivity index (χ1v) is 20.5. The van der Waals surface area contributed by atoms with E-state index in [9.17, 15) is 0 Å². The summed E-state index contributed by atoms with van der Waals surface area (Å²) >= 11 is 0. The summed E-state index contributed by atoms with van der Waals surface area (Å²) in [6.07, 6.45) is 0. The van der Waals surface area contributed by atoms with Crippen LogP contribution in [0.25, 0.3) is 98.4 Å². The van der Waals surface area contributed by atoms with Gasteiger partial charge in [0.15, 0.2) is 0 Å². The second-order valence-corrected chi connectivity index (χ2v) is 16.8. The van der Waals surface area contributed by atoms with E-state index in [0.29, 0.717) is 22.3 Å². The van der Waals surface area contributed by atoms with Crippen LogP contribution in [0.3, 0.4) is 0 Å². The summed E-state index contributed by atoms with van der Waals surface area (Å²) in [5, 5.41) is 2.37. The van der Waals surface area contributed by atoms with E-state index in [2.05, 4.69) is 0 Å². The Morgan fingerprint density at radius 3 is 0.912 bits per heavy atom. The number of furan rings is 1. The van der Waals surface area contributed by atoms with Crippen molar-refractivity contribution in [3.8, 4) is 33.4 Å². The maximum Gasteiger partial charge on any atom is 0.143 e. The summed E-state index contributed by atoms with van der Waals surface area (Å²) in [6, 6.07) is 13.1. The minimum atomic E-state index is -0.147. The number of hydrogen-bond acceptors (Lipinski definition) is 1. The fourth-order valence-electron chi connectivity index (χ4n) is 9.99. The Morgan fingerprint density at radius 2 is 0.500 bits per heavy atom. The lowest BCUT2D eigenvalue weighted by Gasteiger charge is -2.33. The lowest BCUT2D eigenvalue weighted by atomic mass is 9.55. The van der Waals surface area contributed by atoms with Crippen molar-refractivity contribution in [2.75, 3.05) is 0 Å². The summed E-state index contributed by atoms with van der Waals surface area (Å²) in [5.41, 5.74) is -0.0164. The summed E-state index contributed by atoms with van der Waals surface area (Å²) in [5.74, 6) is 0. The first kappa shape index (κ1) is 46.9. The van der Waals surface area contributed by atoms with Crippen molar-refractivity contribution in [2.45, 2.75) is 0 Å². The summed E-state index contributed by atoms with van der Waals surface area (Å²) in [7, 11) is 145. The lowest BCUT2D eigenvalue weighted by Crippen LogP contribution is -2.53. The van der Waals surface area contributed by atoms with Gasteiger partial charge in [-0.1, -0.05) is 102 Å². The normalized spacial score (nSPS) is 11.9. The van der Waals surface area contributed by atoms with Crippen LogP contribution in [0.4, 0.5) is 0 Å². The average molecular weight is 803 g/mol. The minimum absolute atomic E-state index is 0.0103. The van der Waals surface area contributed by atoms with E-state index in [-0.39, 0.29) is 180 Å². The molecule has 1 nitrogen and oxygen atoms in total. The number of fused-ring (bicyclic) bond motifs is 7. The number of benzene rings is 9. The van der Waals surface area contributed by atoms with Crippen LogP contribution in [0.1, 0.15) is 0 Å². The van der Waals surface area contributed by atoms with E-state index in [4.69, 9.17) is 169 Å². The van der Waals surface area contributed by atoms with Gasteiger partial charge in [0.05, 0.1) is 0 Å².